The van der Waals surface area contributed by atoms with E-state index in [2.05, 4.69) is 5.32 Å². The lowest BCUT2D eigenvalue weighted by molar-refractivity contribution is 0.0948. The maximum Gasteiger partial charge on any atom is 0.263 e. The summed E-state index contributed by atoms with van der Waals surface area (Å²) in [6.45, 7) is 0.988. The van der Waals surface area contributed by atoms with Crippen LogP contribution in [0.3, 0.4) is 0 Å². The number of carbonyl (C=O) groups excluding carboxylic acids is 1. The second-order valence-electron chi connectivity index (χ2n) is 7.11. The lowest BCUT2D eigenvalue weighted by Gasteiger charge is -2.21. The van der Waals surface area contributed by atoms with Gasteiger partial charge in [0.2, 0.25) is 0 Å². The van der Waals surface area contributed by atoms with E-state index in [1.165, 1.54) is 12.8 Å². The van der Waals surface area contributed by atoms with Crippen LogP contribution in [-0.2, 0) is 25.9 Å². The van der Waals surface area contributed by atoms with Gasteiger partial charge < -0.3 is 9.88 Å². The summed E-state index contributed by atoms with van der Waals surface area (Å²) in [5, 5.41) is 2.90. The molecule has 0 spiro atoms. The highest BCUT2D eigenvalue weighted by molar-refractivity contribution is 6.17. The number of fused-ring (bicyclic) bond motifs is 1. The second kappa shape index (κ2) is 9.75. The molecule has 144 valence electrons. The van der Waals surface area contributed by atoms with Gasteiger partial charge in [0.1, 0.15) is 5.56 Å². The first-order valence-electron chi connectivity index (χ1n) is 9.84. The number of pyridine rings is 1. The minimum atomic E-state index is -0.298. The number of nitrogens with zero attached hydrogens (tertiary/aromatic N) is 1. The van der Waals surface area contributed by atoms with Gasteiger partial charge in [-0.05, 0) is 49.3 Å². The molecule has 0 saturated heterocycles. The number of halogens is 1. The summed E-state index contributed by atoms with van der Waals surface area (Å²) in [5.41, 5.74) is 3.32. The summed E-state index contributed by atoms with van der Waals surface area (Å²) in [7, 11) is 0. The molecule has 4 nitrogen and oxygen atoms in total. The van der Waals surface area contributed by atoms with Crippen LogP contribution in [0.25, 0.3) is 0 Å². The van der Waals surface area contributed by atoms with Crippen molar-refractivity contribution < 1.29 is 4.79 Å². The topological polar surface area (TPSA) is 51.1 Å². The minimum Gasteiger partial charge on any atom is -0.348 e. The van der Waals surface area contributed by atoms with Crippen LogP contribution in [0.4, 0.5) is 0 Å². The summed E-state index contributed by atoms with van der Waals surface area (Å²) < 4.78 is 1.81. The van der Waals surface area contributed by atoms with Crippen LogP contribution < -0.4 is 10.9 Å². The molecule has 27 heavy (non-hydrogen) atoms. The van der Waals surface area contributed by atoms with Crippen LogP contribution in [0.15, 0.2) is 41.2 Å². The number of nitrogens with one attached hydrogen (secondary N) is 1. The van der Waals surface area contributed by atoms with E-state index in [0.29, 0.717) is 19.0 Å². The average Bonchev–Trinajstić information content (AvgIpc) is 2.67. The molecule has 0 fully saturated rings. The normalized spacial score (nSPS) is 14.1. The molecule has 0 aliphatic heterocycles. The smallest absolute Gasteiger partial charge is 0.263 e. The van der Waals surface area contributed by atoms with E-state index in [0.717, 1.165) is 48.9 Å². The van der Waals surface area contributed by atoms with Gasteiger partial charge in [0.25, 0.3) is 11.5 Å². The molecule has 3 rings (SSSR count). The maximum absolute atomic E-state index is 13.1. The quantitative estimate of drug-likeness (QED) is 0.761. The summed E-state index contributed by atoms with van der Waals surface area (Å²) >= 11 is 5.87. The van der Waals surface area contributed by atoms with Crippen molar-refractivity contribution in [2.24, 2.45) is 0 Å². The first-order chi connectivity index (χ1) is 13.2. The molecule has 2 aromatic rings. The van der Waals surface area contributed by atoms with E-state index in [-0.39, 0.29) is 17.0 Å². The zero-order valence-electron chi connectivity index (χ0n) is 15.7. The van der Waals surface area contributed by atoms with E-state index in [4.69, 9.17) is 11.6 Å². The number of rotatable bonds is 6. The molecule has 1 amide bonds. The van der Waals surface area contributed by atoms with Gasteiger partial charge in [-0.15, -0.1) is 11.6 Å². The largest absolute Gasteiger partial charge is 0.348 e. The second-order valence-corrected chi connectivity index (χ2v) is 7.49. The molecule has 0 saturated carbocycles. The van der Waals surface area contributed by atoms with E-state index in [1.807, 2.05) is 36.4 Å². The fraction of sp³-hybridized carbons (Fsp3) is 0.455. The van der Waals surface area contributed by atoms with Gasteiger partial charge >= 0.3 is 0 Å². The Hall–Kier alpha value is -2.07. The van der Waals surface area contributed by atoms with Crippen molar-refractivity contribution in [2.75, 3.05) is 5.88 Å². The van der Waals surface area contributed by atoms with Crippen LogP contribution in [0.2, 0.25) is 0 Å². The van der Waals surface area contributed by atoms with E-state index in [9.17, 15) is 9.59 Å². The van der Waals surface area contributed by atoms with Crippen LogP contribution in [-0.4, -0.2) is 16.4 Å². The Morgan fingerprint density at radius 3 is 2.56 bits per heavy atom. The summed E-state index contributed by atoms with van der Waals surface area (Å²) in [6.07, 6.45) is 7.15. The van der Waals surface area contributed by atoms with Crippen molar-refractivity contribution in [3.05, 3.63) is 69.1 Å². The Kier molecular flexibility index (Phi) is 7.11. The standard InChI is InChI=1S/C22H27ClN2O2/c23-13-8-14-25-20-12-7-2-1-6-11-18(20)15-19(22(25)27)21(26)24-16-17-9-4-3-5-10-17/h3-5,9-10,15H,1-2,6-8,11-14,16H2,(H,24,26). The van der Waals surface area contributed by atoms with Crippen molar-refractivity contribution in [1.82, 2.24) is 9.88 Å². The molecule has 0 atom stereocenters. The molecule has 0 radical (unpaired) electrons. The zero-order valence-corrected chi connectivity index (χ0v) is 16.4. The van der Waals surface area contributed by atoms with Crippen LogP contribution in [0, 0.1) is 0 Å². The molecular weight excluding hydrogens is 360 g/mol. The SMILES string of the molecule is O=C(NCc1ccccc1)c1cc2c(n(CCCCl)c1=O)CCCCCC2. The molecule has 1 aliphatic rings. The number of aryl methyl sites for hydroxylation is 1. The fourth-order valence-electron chi connectivity index (χ4n) is 3.72. The van der Waals surface area contributed by atoms with Gasteiger partial charge in [-0.1, -0.05) is 43.2 Å². The lowest BCUT2D eigenvalue weighted by Crippen LogP contribution is -2.35. The van der Waals surface area contributed by atoms with Gasteiger partial charge in [-0.2, -0.15) is 0 Å². The van der Waals surface area contributed by atoms with Crippen LogP contribution >= 0.6 is 11.6 Å². The number of alkyl halides is 1. The fourth-order valence-corrected chi connectivity index (χ4v) is 3.84. The first-order valence-corrected chi connectivity index (χ1v) is 10.4. The molecule has 0 bridgehead atoms. The van der Waals surface area contributed by atoms with Crippen molar-refractivity contribution >= 4 is 17.5 Å². The highest BCUT2D eigenvalue weighted by Gasteiger charge is 2.19. The lowest BCUT2D eigenvalue weighted by atomic mass is 9.95. The Morgan fingerprint density at radius 1 is 1.07 bits per heavy atom. The maximum atomic E-state index is 13.1. The number of hydrogen-bond donors (Lipinski definition) is 1. The third kappa shape index (κ3) is 5.01. The number of hydrogen-bond acceptors (Lipinski definition) is 2. The summed E-state index contributed by atoms with van der Waals surface area (Å²) in [5.74, 6) is 0.208. The number of carbonyl (C=O) groups is 1. The summed E-state index contributed by atoms with van der Waals surface area (Å²) in [6, 6.07) is 11.6. The average molecular weight is 387 g/mol. The number of aromatic nitrogens is 1. The molecular formula is C22H27ClN2O2. The summed E-state index contributed by atoms with van der Waals surface area (Å²) in [4.78, 5) is 25.8. The first kappa shape index (κ1) is 19.7. The van der Waals surface area contributed by atoms with Crippen LogP contribution in [0.1, 0.15) is 59.3 Å². The zero-order chi connectivity index (χ0) is 19.1. The molecule has 1 aromatic carbocycles. The number of benzene rings is 1. The van der Waals surface area contributed by atoms with Gasteiger partial charge in [0.05, 0.1) is 0 Å². The monoisotopic (exact) mass is 386 g/mol. The molecule has 0 unspecified atom stereocenters. The molecule has 1 N–H and O–H groups in total. The van der Waals surface area contributed by atoms with E-state index in [1.54, 1.807) is 4.57 Å². The van der Waals surface area contributed by atoms with Gasteiger partial charge in [-0.3, -0.25) is 9.59 Å². The number of amides is 1. The Morgan fingerprint density at radius 2 is 1.81 bits per heavy atom. The molecule has 5 heteroatoms. The highest BCUT2D eigenvalue weighted by atomic mass is 35.5. The Bertz CT molecular complexity index is 830. The van der Waals surface area contributed by atoms with E-state index >= 15 is 0 Å². The Labute approximate surface area is 165 Å². The highest BCUT2D eigenvalue weighted by Crippen LogP contribution is 2.20. The molecule has 1 aliphatic carbocycles. The van der Waals surface area contributed by atoms with Crippen LogP contribution in [0.5, 0.6) is 0 Å². The van der Waals surface area contributed by atoms with E-state index < -0.39 is 0 Å². The minimum absolute atomic E-state index is 0.190. The third-order valence-corrected chi connectivity index (χ3v) is 5.42. The van der Waals surface area contributed by atoms with Crippen molar-refractivity contribution in [3.8, 4) is 0 Å². The van der Waals surface area contributed by atoms with Gasteiger partial charge in [0.15, 0.2) is 0 Å². The van der Waals surface area contributed by atoms with Gasteiger partial charge in [-0.25, -0.2) is 0 Å². The van der Waals surface area contributed by atoms with Crippen molar-refractivity contribution in [1.29, 1.82) is 0 Å². The predicted molar refractivity (Wildman–Crippen MR) is 110 cm³/mol. The van der Waals surface area contributed by atoms with Crippen molar-refractivity contribution in [2.45, 2.75) is 58.0 Å². The molecule has 1 heterocycles. The predicted octanol–water partition coefficient (Wildman–Crippen LogP) is 4.07. The third-order valence-electron chi connectivity index (χ3n) is 5.16. The van der Waals surface area contributed by atoms with Crippen molar-refractivity contribution in [3.63, 3.8) is 0 Å². The van der Waals surface area contributed by atoms with Gasteiger partial charge in [0, 0.05) is 24.7 Å². The Balaban J connectivity index is 1.90. The molecule has 1 aromatic heterocycles.